The molecule has 2 rings (SSSR count). The summed E-state index contributed by atoms with van der Waals surface area (Å²) in [4.78, 5) is 11.5. The molecule has 0 saturated carbocycles. The Hall–Kier alpha value is -1.82. The minimum atomic E-state index is -0.367. The van der Waals surface area contributed by atoms with Crippen molar-refractivity contribution < 1.29 is 14.3 Å². The third kappa shape index (κ3) is 3.57. The van der Waals surface area contributed by atoms with Crippen LogP contribution in [0.15, 0.2) is 24.3 Å². The molecule has 0 amide bonds. The topological polar surface area (TPSA) is 59.6 Å². The smallest absolute Gasteiger partial charge is 0.329 e. The van der Waals surface area contributed by atoms with E-state index in [1.54, 1.807) is 7.11 Å². The summed E-state index contributed by atoms with van der Waals surface area (Å²) in [6.45, 7) is 1.86. The molecule has 0 aromatic heterocycles. The largest absolute Gasteiger partial charge is 0.497 e. The van der Waals surface area contributed by atoms with Gasteiger partial charge in [0.2, 0.25) is 0 Å². The highest BCUT2D eigenvalue weighted by Gasteiger charge is 2.32. The second-order valence-corrected chi connectivity index (χ2v) is 4.77. The summed E-state index contributed by atoms with van der Waals surface area (Å²) in [5, 5.41) is 6.37. The number of methoxy groups -OCH3 is 1. The third-order valence-corrected chi connectivity index (χ3v) is 3.04. The molecule has 5 nitrogen and oxygen atoms in total. The van der Waals surface area contributed by atoms with Crippen molar-refractivity contribution in [2.24, 2.45) is 0 Å². The van der Waals surface area contributed by atoms with E-state index in [1.165, 1.54) is 0 Å². The molecule has 1 heterocycles. The van der Waals surface area contributed by atoms with Crippen molar-refractivity contribution in [3.05, 3.63) is 24.3 Å². The number of rotatable bonds is 3. The number of benzene rings is 1. The van der Waals surface area contributed by atoms with Crippen molar-refractivity contribution >= 4 is 29.0 Å². The highest BCUT2D eigenvalue weighted by atomic mass is 32.1. The molecule has 0 radical (unpaired) electrons. The van der Waals surface area contributed by atoms with Crippen LogP contribution in [-0.2, 0) is 9.53 Å². The zero-order valence-electron chi connectivity index (χ0n) is 10.8. The van der Waals surface area contributed by atoms with Gasteiger partial charge in [-0.1, -0.05) is 0 Å². The zero-order chi connectivity index (χ0) is 13.8. The summed E-state index contributed by atoms with van der Waals surface area (Å²) in [6, 6.07) is 6.99. The maximum atomic E-state index is 11.5. The van der Waals surface area contributed by atoms with Gasteiger partial charge in [0, 0.05) is 12.1 Å². The van der Waals surface area contributed by atoms with Crippen molar-refractivity contribution in [1.29, 1.82) is 0 Å². The minimum Gasteiger partial charge on any atom is -0.497 e. The molecular formula is C13H16N2O3S. The molecule has 0 bridgehead atoms. The van der Waals surface area contributed by atoms with Gasteiger partial charge in [0.1, 0.15) is 17.9 Å². The number of ether oxygens (including phenoxy) is 2. The molecular weight excluding hydrogens is 264 g/mol. The number of carbonyl (C=O) groups excluding carboxylic acids is 1. The molecule has 1 aliphatic heterocycles. The Morgan fingerprint density at radius 2 is 2.11 bits per heavy atom. The van der Waals surface area contributed by atoms with Crippen LogP contribution in [0.5, 0.6) is 5.75 Å². The molecule has 1 fully saturated rings. The molecule has 19 heavy (non-hydrogen) atoms. The summed E-state index contributed by atoms with van der Waals surface area (Å²) in [7, 11) is 1.61. The fraction of sp³-hybridized carbons (Fsp3) is 0.385. The molecule has 1 saturated heterocycles. The van der Waals surface area contributed by atoms with Crippen LogP contribution in [0.25, 0.3) is 0 Å². The summed E-state index contributed by atoms with van der Waals surface area (Å²) >= 11 is 5.16. The predicted molar refractivity (Wildman–Crippen MR) is 76.3 cm³/mol. The summed E-state index contributed by atoms with van der Waals surface area (Å²) in [5.74, 6) is 0.518. The van der Waals surface area contributed by atoms with Crippen LogP contribution in [0.3, 0.4) is 0 Å². The van der Waals surface area contributed by atoms with E-state index in [-0.39, 0.29) is 18.1 Å². The summed E-state index contributed by atoms with van der Waals surface area (Å²) in [6.07, 6.45) is 0.567. The molecule has 6 heteroatoms. The first-order chi connectivity index (χ1) is 9.08. The Bertz CT molecular complexity index is 475. The Balaban J connectivity index is 1.88. The van der Waals surface area contributed by atoms with Gasteiger partial charge in [0.25, 0.3) is 0 Å². The van der Waals surface area contributed by atoms with Gasteiger partial charge in [0.15, 0.2) is 5.11 Å². The number of anilines is 1. The first-order valence-electron chi connectivity index (χ1n) is 6.00. The minimum absolute atomic E-state index is 0.0613. The standard InChI is InChI=1S/C13H16N2O3S/c1-8-7-11(12(16)18-8)15-13(19)14-9-3-5-10(17-2)6-4-9/h3-6,8,11H,7H2,1-2H3,(H2,14,15,19)/t8-,11-/m0/s1. The molecule has 1 aromatic carbocycles. The molecule has 1 aromatic rings. The van der Waals surface area contributed by atoms with E-state index >= 15 is 0 Å². The fourth-order valence-electron chi connectivity index (χ4n) is 1.87. The number of esters is 1. The maximum absolute atomic E-state index is 11.5. The average molecular weight is 280 g/mol. The van der Waals surface area contributed by atoms with E-state index < -0.39 is 0 Å². The fourth-order valence-corrected chi connectivity index (χ4v) is 2.13. The average Bonchev–Trinajstić information content (AvgIpc) is 2.68. The van der Waals surface area contributed by atoms with Crippen LogP contribution in [-0.4, -0.2) is 30.3 Å². The van der Waals surface area contributed by atoms with Gasteiger partial charge in [-0.25, -0.2) is 4.79 Å². The van der Waals surface area contributed by atoms with Crippen molar-refractivity contribution in [2.75, 3.05) is 12.4 Å². The predicted octanol–water partition coefficient (Wildman–Crippen LogP) is 1.69. The van der Waals surface area contributed by atoms with E-state index in [2.05, 4.69) is 10.6 Å². The quantitative estimate of drug-likeness (QED) is 0.649. The lowest BCUT2D eigenvalue weighted by atomic mass is 10.2. The zero-order valence-corrected chi connectivity index (χ0v) is 11.6. The van der Waals surface area contributed by atoms with Crippen molar-refractivity contribution in [1.82, 2.24) is 5.32 Å². The highest BCUT2D eigenvalue weighted by Crippen LogP contribution is 2.16. The van der Waals surface area contributed by atoms with Gasteiger partial charge in [-0.15, -0.1) is 0 Å². The van der Waals surface area contributed by atoms with E-state index in [1.807, 2.05) is 31.2 Å². The molecule has 2 atom stereocenters. The number of hydrogen-bond donors (Lipinski definition) is 2. The third-order valence-electron chi connectivity index (χ3n) is 2.82. The molecule has 0 aliphatic carbocycles. The number of hydrogen-bond acceptors (Lipinski definition) is 4. The monoisotopic (exact) mass is 280 g/mol. The van der Waals surface area contributed by atoms with Crippen molar-refractivity contribution in [3.63, 3.8) is 0 Å². The van der Waals surface area contributed by atoms with Crippen LogP contribution in [0.2, 0.25) is 0 Å². The number of cyclic esters (lactones) is 1. The maximum Gasteiger partial charge on any atom is 0.329 e. The molecule has 102 valence electrons. The SMILES string of the molecule is COc1ccc(NC(=S)N[C@H]2C[C@H](C)OC2=O)cc1. The van der Waals surface area contributed by atoms with Crippen LogP contribution in [0, 0.1) is 0 Å². The lowest BCUT2D eigenvalue weighted by molar-refractivity contribution is -0.142. The van der Waals surface area contributed by atoms with Crippen LogP contribution in [0.1, 0.15) is 13.3 Å². The van der Waals surface area contributed by atoms with Crippen LogP contribution >= 0.6 is 12.2 Å². The van der Waals surface area contributed by atoms with E-state index in [4.69, 9.17) is 21.7 Å². The van der Waals surface area contributed by atoms with E-state index in [0.717, 1.165) is 11.4 Å². The first kappa shape index (κ1) is 13.6. The van der Waals surface area contributed by atoms with Gasteiger partial charge >= 0.3 is 5.97 Å². The van der Waals surface area contributed by atoms with Gasteiger partial charge in [-0.3, -0.25) is 0 Å². The highest BCUT2D eigenvalue weighted by molar-refractivity contribution is 7.80. The van der Waals surface area contributed by atoms with E-state index in [9.17, 15) is 4.79 Å². The second kappa shape index (κ2) is 5.88. The molecule has 2 N–H and O–H groups in total. The first-order valence-corrected chi connectivity index (χ1v) is 6.41. The Kier molecular flexibility index (Phi) is 4.21. The van der Waals surface area contributed by atoms with Gasteiger partial charge in [0.05, 0.1) is 7.11 Å². The van der Waals surface area contributed by atoms with Crippen LogP contribution in [0.4, 0.5) is 5.69 Å². The Morgan fingerprint density at radius 1 is 1.42 bits per heavy atom. The van der Waals surface area contributed by atoms with Gasteiger partial charge < -0.3 is 20.1 Å². The number of nitrogens with one attached hydrogen (secondary N) is 2. The summed E-state index contributed by atoms with van der Waals surface area (Å²) < 4.78 is 10.1. The molecule has 0 unspecified atom stereocenters. The number of thiocarbonyl (C=S) groups is 1. The van der Waals surface area contributed by atoms with E-state index in [0.29, 0.717) is 11.5 Å². The Labute approximate surface area is 117 Å². The Morgan fingerprint density at radius 3 is 2.63 bits per heavy atom. The normalized spacial score (nSPS) is 21.7. The lowest BCUT2D eigenvalue weighted by Gasteiger charge is -2.13. The second-order valence-electron chi connectivity index (χ2n) is 4.36. The van der Waals surface area contributed by atoms with Crippen LogP contribution < -0.4 is 15.4 Å². The van der Waals surface area contributed by atoms with Gasteiger partial charge in [-0.2, -0.15) is 0 Å². The van der Waals surface area contributed by atoms with Gasteiger partial charge in [-0.05, 0) is 43.4 Å². The molecule has 0 spiro atoms. The summed E-state index contributed by atoms with van der Waals surface area (Å²) in [5.41, 5.74) is 0.831. The van der Waals surface area contributed by atoms with Crippen molar-refractivity contribution in [3.8, 4) is 5.75 Å². The molecule has 1 aliphatic rings. The van der Waals surface area contributed by atoms with Crippen molar-refractivity contribution in [2.45, 2.75) is 25.5 Å². The number of carbonyl (C=O) groups is 1. The lowest BCUT2D eigenvalue weighted by Crippen LogP contribution is -2.40.